The molecule has 29 heavy (non-hydrogen) atoms. The summed E-state index contributed by atoms with van der Waals surface area (Å²) >= 11 is 7.09. The van der Waals surface area contributed by atoms with E-state index < -0.39 is 28.3 Å². The fourth-order valence-corrected chi connectivity index (χ4v) is 3.52. The quantitative estimate of drug-likeness (QED) is 0.249. The van der Waals surface area contributed by atoms with Gasteiger partial charge in [0.2, 0.25) is 0 Å². The second-order valence-corrected chi connectivity index (χ2v) is 7.36. The van der Waals surface area contributed by atoms with Crippen LogP contribution in [0.4, 0.5) is 17.6 Å². The van der Waals surface area contributed by atoms with Crippen LogP contribution < -0.4 is 4.74 Å². The Bertz CT molecular complexity index is 1050. The van der Waals surface area contributed by atoms with Crippen LogP contribution in [0.15, 0.2) is 53.4 Å². The van der Waals surface area contributed by atoms with Crippen LogP contribution in [-0.4, -0.2) is 18.8 Å². The highest BCUT2D eigenvalue weighted by molar-refractivity contribution is 8.00. The molecular formula is C20H13ClF4O3S. The van der Waals surface area contributed by atoms with Crippen LogP contribution in [0, 0.1) is 5.82 Å². The molecule has 0 aliphatic carbocycles. The topological polar surface area (TPSA) is 35.5 Å². The molecule has 0 radical (unpaired) electrons. The fraction of sp³-hybridized carbons (Fsp3) is 0.150. The van der Waals surface area contributed by atoms with Gasteiger partial charge in [-0.3, -0.25) is 4.79 Å². The van der Waals surface area contributed by atoms with Crippen molar-refractivity contribution in [3.8, 4) is 11.5 Å². The van der Waals surface area contributed by atoms with E-state index in [1.54, 1.807) is 24.3 Å². The van der Waals surface area contributed by atoms with Crippen molar-refractivity contribution in [2.24, 2.45) is 0 Å². The van der Waals surface area contributed by atoms with E-state index in [1.165, 1.54) is 18.9 Å². The van der Waals surface area contributed by atoms with Gasteiger partial charge in [-0.25, -0.2) is 4.39 Å². The third-order valence-corrected chi connectivity index (χ3v) is 5.16. The minimum absolute atomic E-state index is 0.143. The predicted molar refractivity (Wildman–Crippen MR) is 103 cm³/mol. The van der Waals surface area contributed by atoms with Gasteiger partial charge in [0.25, 0.3) is 0 Å². The molecule has 0 atom stereocenters. The summed E-state index contributed by atoms with van der Waals surface area (Å²) in [5, 5.41) is 1.11. The number of hydrogen-bond acceptors (Lipinski definition) is 4. The van der Waals surface area contributed by atoms with E-state index in [-0.39, 0.29) is 17.5 Å². The Hall–Kier alpha value is -2.45. The molecule has 0 saturated carbocycles. The molecule has 0 heterocycles. The van der Waals surface area contributed by atoms with Crippen LogP contribution in [0.25, 0.3) is 10.8 Å². The van der Waals surface area contributed by atoms with Crippen LogP contribution in [0.2, 0.25) is 5.02 Å². The van der Waals surface area contributed by atoms with Gasteiger partial charge in [-0.05, 0) is 47.2 Å². The summed E-state index contributed by atoms with van der Waals surface area (Å²) in [5.74, 6) is -1.72. The van der Waals surface area contributed by atoms with Crippen LogP contribution in [0.3, 0.4) is 0 Å². The molecule has 0 unspecified atom stereocenters. The number of hydrogen-bond donors (Lipinski definition) is 0. The molecule has 0 saturated heterocycles. The molecule has 0 bridgehead atoms. The molecule has 3 aromatic rings. The van der Waals surface area contributed by atoms with Gasteiger partial charge < -0.3 is 9.47 Å². The second-order valence-electron chi connectivity index (χ2n) is 5.90. The van der Waals surface area contributed by atoms with Gasteiger partial charge in [-0.15, -0.1) is 11.8 Å². The van der Waals surface area contributed by atoms with Gasteiger partial charge in [-0.1, -0.05) is 23.7 Å². The van der Waals surface area contributed by atoms with Crippen molar-refractivity contribution in [1.29, 1.82) is 0 Å². The Balaban J connectivity index is 1.88. The minimum atomic E-state index is -4.72. The van der Waals surface area contributed by atoms with Crippen molar-refractivity contribution >= 4 is 40.1 Å². The van der Waals surface area contributed by atoms with E-state index in [2.05, 4.69) is 4.74 Å². The molecule has 0 aromatic heterocycles. The van der Waals surface area contributed by atoms with Crippen molar-refractivity contribution in [1.82, 2.24) is 0 Å². The smallest absolute Gasteiger partial charge is 0.416 e. The lowest BCUT2D eigenvalue weighted by molar-refractivity contribution is -0.138. The van der Waals surface area contributed by atoms with E-state index in [4.69, 9.17) is 16.3 Å². The average molecular weight is 445 g/mol. The molecule has 3 aromatic carbocycles. The first-order valence-corrected chi connectivity index (χ1v) is 9.51. The van der Waals surface area contributed by atoms with Crippen molar-refractivity contribution < 1.29 is 31.8 Å². The number of thioether (sulfide) groups is 1. The first kappa shape index (κ1) is 21.3. The number of carbonyl (C=O) groups excluding carboxylic acids is 1. The summed E-state index contributed by atoms with van der Waals surface area (Å²) in [7, 11) is 1.30. The molecule has 3 nitrogen and oxygen atoms in total. The minimum Gasteiger partial charge on any atom is -0.468 e. The van der Waals surface area contributed by atoms with Gasteiger partial charge in [-0.2, -0.15) is 13.2 Å². The van der Waals surface area contributed by atoms with Gasteiger partial charge in [0.15, 0.2) is 11.6 Å². The van der Waals surface area contributed by atoms with E-state index in [9.17, 15) is 22.4 Å². The Kier molecular flexibility index (Phi) is 6.24. The van der Waals surface area contributed by atoms with Gasteiger partial charge in [0.05, 0.1) is 23.4 Å². The Labute approximate surface area is 172 Å². The molecular weight excluding hydrogens is 432 g/mol. The SMILES string of the molecule is COC(=O)CSc1ccc2ccc(Oc3c(F)cc(C(F)(F)F)cc3Cl)cc2c1. The van der Waals surface area contributed by atoms with Crippen molar-refractivity contribution in [2.75, 3.05) is 12.9 Å². The predicted octanol–water partition coefficient (Wildman–Crippen LogP) is 6.71. The van der Waals surface area contributed by atoms with Gasteiger partial charge >= 0.3 is 12.1 Å². The molecule has 0 N–H and O–H groups in total. The van der Waals surface area contributed by atoms with Crippen LogP contribution >= 0.6 is 23.4 Å². The summed E-state index contributed by atoms with van der Waals surface area (Å²) in [6, 6.07) is 11.3. The Morgan fingerprint density at radius 3 is 2.45 bits per heavy atom. The maximum atomic E-state index is 14.2. The summed E-state index contributed by atoms with van der Waals surface area (Å²) in [6.07, 6.45) is -4.72. The number of benzene rings is 3. The van der Waals surface area contributed by atoms with Crippen molar-refractivity contribution in [3.05, 3.63) is 64.9 Å². The lowest BCUT2D eigenvalue weighted by atomic mass is 10.1. The zero-order valence-electron chi connectivity index (χ0n) is 14.8. The molecule has 9 heteroatoms. The van der Waals surface area contributed by atoms with E-state index in [0.717, 1.165) is 15.7 Å². The highest BCUT2D eigenvalue weighted by atomic mass is 35.5. The molecule has 0 amide bonds. The molecule has 0 fully saturated rings. The monoisotopic (exact) mass is 444 g/mol. The van der Waals surface area contributed by atoms with Crippen LogP contribution in [0.1, 0.15) is 5.56 Å². The molecule has 3 rings (SSSR count). The van der Waals surface area contributed by atoms with Crippen molar-refractivity contribution in [2.45, 2.75) is 11.1 Å². The van der Waals surface area contributed by atoms with E-state index >= 15 is 0 Å². The summed E-state index contributed by atoms with van der Waals surface area (Å²) in [6.45, 7) is 0. The second kappa shape index (κ2) is 8.51. The molecule has 0 aliphatic heterocycles. The van der Waals surface area contributed by atoms with Crippen LogP contribution in [-0.2, 0) is 15.7 Å². The molecule has 0 spiro atoms. The number of halogens is 5. The van der Waals surface area contributed by atoms with Gasteiger partial charge in [0.1, 0.15) is 5.75 Å². The summed E-state index contributed by atoms with van der Waals surface area (Å²) < 4.78 is 62.4. The Morgan fingerprint density at radius 1 is 1.07 bits per heavy atom. The first-order chi connectivity index (χ1) is 13.7. The highest BCUT2D eigenvalue weighted by Crippen LogP contribution is 2.39. The average Bonchev–Trinajstić information content (AvgIpc) is 2.67. The third-order valence-electron chi connectivity index (χ3n) is 3.91. The highest BCUT2D eigenvalue weighted by Gasteiger charge is 2.32. The lowest BCUT2D eigenvalue weighted by Gasteiger charge is -2.13. The summed E-state index contributed by atoms with van der Waals surface area (Å²) in [5.41, 5.74) is -1.20. The van der Waals surface area contributed by atoms with Crippen LogP contribution in [0.5, 0.6) is 11.5 Å². The van der Waals surface area contributed by atoms with E-state index in [0.29, 0.717) is 12.1 Å². The Morgan fingerprint density at radius 2 is 1.79 bits per heavy atom. The lowest BCUT2D eigenvalue weighted by Crippen LogP contribution is -2.06. The zero-order chi connectivity index (χ0) is 21.2. The number of ether oxygens (including phenoxy) is 2. The van der Waals surface area contributed by atoms with E-state index in [1.807, 2.05) is 12.1 Å². The van der Waals surface area contributed by atoms with Gasteiger partial charge in [0, 0.05) is 4.90 Å². The standard InChI is InChI=1S/C20H13ClF4O3S/c1-27-18(26)10-29-15-5-3-11-2-4-14(6-12(11)7-15)28-19-16(21)8-13(9-17(19)22)20(23,24)25/h2-9H,10H2,1H3. The summed E-state index contributed by atoms with van der Waals surface area (Å²) in [4.78, 5) is 12.1. The number of fused-ring (bicyclic) bond motifs is 1. The number of methoxy groups -OCH3 is 1. The third kappa shape index (κ3) is 5.13. The number of esters is 1. The number of carbonyl (C=O) groups is 1. The zero-order valence-corrected chi connectivity index (χ0v) is 16.4. The number of alkyl halides is 3. The molecule has 152 valence electrons. The largest absolute Gasteiger partial charge is 0.468 e. The fourth-order valence-electron chi connectivity index (χ4n) is 2.50. The maximum absolute atomic E-state index is 14.2. The number of rotatable bonds is 5. The molecule has 0 aliphatic rings. The first-order valence-electron chi connectivity index (χ1n) is 8.15. The van der Waals surface area contributed by atoms with Crippen molar-refractivity contribution in [3.63, 3.8) is 0 Å². The maximum Gasteiger partial charge on any atom is 0.416 e. The normalized spacial score (nSPS) is 11.5.